The smallest absolute Gasteiger partial charge is 0.239 e. The number of nitrogens with two attached hydrogens (primary N) is 2. The molecule has 0 saturated carbocycles. The number of fused-ring (bicyclic) bond motifs is 3. The highest BCUT2D eigenvalue weighted by molar-refractivity contribution is 7.89. The SMILES string of the molecule is NS(=O)(=O)c1ccc2oc3cc(-c4ccccc4O)c(S(N)(=O)=O)c(-c4ccccc4O)c3c2c1. The van der Waals surface area contributed by atoms with E-state index in [-0.39, 0.29) is 65.5 Å². The number of phenolic OH excluding ortho intramolecular Hbond substituents is 2. The van der Waals surface area contributed by atoms with E-state index in [1.807, 2.05) is 0 Å². The van der Waals surface area contributed by atoms with Crippen LogP contribution in [-0.2, 0) is 20.0 Å². The molecular weight excluding hydrogens is 492 g/mol. The Labute approximate surface area is 199 Å². The van der Waals surface area contributed by atoms with Gasteiger partial charge in [0.1, 0.15) is 22.7 Å². The predicted molar refractivity (Wildman–Crippen MR) is 131 cm³/mol. The Kier molecular flexibility index (Phi) is 5.11. The van der Waals surface area contributed by atoms with Crippen LogP contribution in [0.15, 0.2) is 87.0 Å². The van der Waals surface area contributed by atoms with Gasteiger partial charge in [0.25, 0.3) is 0 Å². The number of sulfonamides is 2. The van der Waals surface area contributed by atoms with Gasteiger partial charge in [-0.15, -0.1) is 0 Å². The van der Waals surface area contributed by atoms with Gasteiger partial charge in [0.2, 0.25) is 20.0 Å². The molecule has 0 aliphatic heterocycles. The summed E-state index contributed by atoms with van der Waals surface area (Å²) in [5.41, 5.74) is 0.742. The van der Waals surface area contributed by atoms with Gasteiger partial charge in [-0.2, -0.15) is 0 Å². The largest absolute Gasteiger partial charge is 0.507 e. The molecule has 0 bridgehead atoms. The lowest BCUT2D eigenvalue weighted by Crippen LogP contribution is -2.15. The van der Waals surface area contributed by atoms with Crippen LogP contribution in [-0.4, -0.2) is 27.0 Å². The maximum atomic E-state index is 13.0. The van der Waals surface area contributed by atoms with E-state index in [4.69, 9.17) is 14.7 Å². The van der Waals surface area contributed by atoms with Gasteiger partial charge in [-0.1, -0.05) is 36.4 Å². The highest BCUT2D eigenvalue weighted by Gasteiger charge is 2.29. The molecule has 9 nitrogen and oxygen atoms in total. The minimum atomic E-state index is -4.48. The maximum Gasteiger partial charge on any atom is 0.239 e. The van der Waals surface area contributed by atoms with Crippen molar-refractivity contribution in [3.63, 3.8) is 0 Å². The Morgan fingerprint density at radius 2 is 1.26 bits per heavy atom. The standard InChI is InChI=1S/C24H18N2O7S2/c25-34(29,30)13-9-10-20-17(11-13)22-21(33-20)12-16(14-5-1-3-7-18(14)27)24(35(26,31)32)23(22)15-6-2-4-8-19(15)28/h1-12,27-28H,(H2,25,29,30)(H2,26,31,32). The van der Waals surface area contributed by atoms with Crippen LogP contribution in [0, 0.1) is 0 Å². The van der Waals surface area contributed by atoms with Crippen LogP contribution in [0.5, 0.6) is 11.5 Å². The van der Waals surface area contributed by atoms with Crippen molar-refractivity contribution >= 4 is 42.0 Å². The molecular formula is C24H18N2O7S2. The third-order valence-corrected chi connectivity index (χ3v) is 7.57. The number of benzene rings is 4. The average Bonchev–Trinajstić information content (AvgIpc) is 3.15. The Bertz CT molecular complexity index is 1880. The van der Waals surface area contributed by atoms with Gasteiger partial charge in [0.15, 0.2) is 0 Å². The van der Waals surface area contributed by atoms with Gasteiger partial charge in [0.05, 0.1) is 9.79 Å². The van der Waals surface area contributed by atoms with Crippen molar-refractivity contribution in [1.29, 1.82) is 0 Å². The quantitative estimate of drug-likeness (QED) is 0.285. The van der Waals surface area contributed by atoms with Crippen molar-refractivity contribution in [1.82, 2.24) is 0 Å². The normalized spacial score (nSPS) is 12.4. The van der Waals surface area contributed by atoms with E-state index < -0.39 is 20.0 Å². The maximum absolute atomic E-state index is 13.0. The minimum absolute atomic E-state index is 0.00771. The van der Waals surface area contributed by atoms with E-state index >= 15 is 0 Å². The van der Waals surface area contributed by atoms with Gasteiger partial charge in [-0.05, 0) is 36.4 Å². The number of rotatable bonds is 4. The fraction of sp³-hybridized carbons (Fsp3) is 0. The summed E-state index contributed by atoms with van der Waals surface area (Å²) in [6, 6.07) is 17.5. The molecule has 1 heterocycles. The van der Waals surface area contributed by atoms with Crippen LogP contribution in [0.1, 0.15) is 0 Å². The van der Waals surface area contributed by atoms with Gasteiger partial charge in [-0.3, -0.25) is 0 Å². The molecule has 11 heteroatoms. The summed E-state index contributed by atoms with van der Waals surface area (Å²) in [5, 5.41) is 32.7. The molecule has 6 N–H and O–H groups in total. The van der Waals surface area contributed by atoms with Crippen LogP contribution in [0.3, 0.4) is 0 Å². The van der Waals surface area contributed by atoms with Gasteiger partial charge < -0.3 is 14.6 Å². The van der Waals surface area contributed by atoms with E-state index in [9.17, 15) is 27.0 Å². The Morgan fingerprint density at radius 1 is 0.657 bits per heavy atom. The molecule has 178 valence electrons. The summed E-state index contributed by atoms with van der Waals surface area (Å²) in [4.78, 5) is -0.588. The topological polar surface area (TPSA) is 174 Å². The number of primary sulfonamides is 2. The van der Waals surface area contributed by atoms with E-state index in [1.165, 1.54) is 48.5 Å². The molecule has 4 aromatic carbocycles. The Balaban J connectivity index is 2.09. The highest BCUT2D eigenvalue weighted by atomic mass is 32.2. The Hall–Kier alpha value is -3.90. The third-order valence-electron chi connectivity index (χ3n) is 5.66. The molecule has 0 atom stereocenters. The first-order valence-electron chi connectivity index (χ1n) is 10.1. The number of furan rings is 1. The molecule has 0 saturated heterocycles. The number of aromatic hydroxyl groups is 2. The second-order valence-electron chi connectivity index (χ2n) is 7.89. The summed E-state index contributed by atoms with van der Waals surface area (Å²) in [6.45, 7) is 0. The Morgan fingerprint density at radius 3 is 1.83 bits per heavy atom. The lowest BCUT2D eigenvalue weighted by molar-refractivity contribution is 0.477. The van der Waals surface area contributed by atoms with Crippen molar-refractivity contribution < 1.29 is 31.5 Å². The van der Waals surface area contributed by atoms with Crippen molar-refractivity contribution in [2.75, 3.05) is 0 Å². The highest BCUT2D eigenvalue weighted by Crippen LogP contribution is 2.48. The molecule has 0 unspecified atom stereocenters. The molecule has 0 spiro atoms. The lowest BCUT2D eigenvalue weighted by atomic mass is 9.93. The van der Waals surface area contributed by atoms with Crippen molar-refractivity contribution in [2.24, 2.45) is 10.3 Å². The molecule has 35 heavy (non-hydrogen) atoms. The number of hydrogen-bond donors (Lipinski definition) is 4. The summed E-state index contributed by atoms with van der Waals surface area (Å²) < 4.78 is 56.1. The van der Waals surface area contributed by atoms with E-state index in [0.29, 0.717) is 0 Å². The number of para-hydroxylation sites is 2. The molecule has 0 aliphatic carbocycles. The lowest BCUT2D eigenvalue weighted by Gasteiger charge is -2.17. The van der Waals surface area contributed by atoms with Crippen LogP contribution >= 0.6 is 0 Å². The molecule has 5 rings (SSSR count). The van der Waals surface area contributed by atoms with E-state index in [0.717, 1.165) is 0 Å². The second kappa shape index (κ2) is 7.82. The molecule has 0 fully saturated rings. The van der Waals surface area contributed by atoms with Gasteiger partial charge in [-0.25, -0.2) is 27.1 Å². The third kappa shape index (κ3) is 3.80. The molecule has 0 radical (unpaired) electrons. The number of hydrogen-bond acceptors (Lipinski definition) is 7. The van der Waals surface area contributed by atoms with Crippen LogP contribution in [0.25, 0.3) is 44.2 Å². The zero-order chi connectivity index (χ0) is 25.1. The molecule has 0 amide bonds. The molecule has 5 aromatic rings. The molecule has 0 aliphatic rings. The summed E-state index contributed by atoms with van der Waals surface area (Å²) >= 11 is 0. The fourth-order valence-electron chi connectivity index (χ4n) is 4.22. The van der Waals surface area contributed by atoms with Gasteiger partial charge in [0, 0.05) is 33.0 Å². The summed E-state index contributed by atoms with van der Waals surface area (Å²) in [7, 11) is -8.57. The van der Waals surface area contributed by atoms with Gasteiger partial charge >= 0.3 is 0 Å². The monoisotopic (exact) mass is 510 g/mol. The second-order valence-corrected chi connectivity index (χ2v) is 10.9. The first-order chi connectivity index (χ1) is 16.5. The summed E-state index contributed by atoms with van der Waals surface area (Å²) in [6.07, 6.45) is 0. The van der Waals surface area contributed by atoms with Crippen molar-refractivity contribution in [3.05, 3.63) is 72.8 Å². The first-order valence-corrected chi connectivity index (χ1v) is 13.2. The predicted octanol–water partition coefficient (Wildman–Crippen LogP) is 3.63. The van der Waals surface area contributed by atoms with Crippen molar-refractivity contribution in [3.8, 4) is 33.8 Å². The fourth-order valence-corrected chi connectivity index (χ4v) is 5.73. The molecule has 1 aromatic heterocycles. The first kappa shape index (κ1) is 22.9. The van der Waals surface area contributed by atoms with E-state index in [2.05, 4.69) is 0 Å². The van der Waals surface area contributed by atoms with Crippen LogP contribution in [0.2, 0.25) is 0 Å². The zero-order valence-electron chi connectivity index (χ0n) is 17.8. The average molecular weight is 511 g/mol. The van der Waals surface area contributed by atoms with Crippen LogP contribution in [0.4, 0.5) is 0 Å². The van der Waals surface area contributed by atoms with E-state index in [1.54, 1.807) is 24.3 Å². The minimum Gasteiger partial charge on any atom is -0.507 e. The van der Waals surface area contributed by atoms with Crippen LogP contribution < -0.4 is 10.3 Å². The van der Waals surface area contributed by atoms with Crippen molar-refractivity contribution in [2.45, 2.75) is 9.79 Å². The zero-order valence-corrected chi connectivity index (χ0v) is 19.5. The summed E-state index contributed by atoms with van der Waals surface area (Å²) in [5.74, 6) is -0.447. The number of phenols is 2.